The number of nitrogens with one attached hydrogen (secondary N) is 3. The van der Waals surface area contributed by atoms with Crippen LogP contribution in [0.15, 0.2) is 0 Å². The summed E-state index contributed by atoms with van der Waals surface area (Å²) in [4.78, 5) is 67.4. The standard InChI is InChI=1S/C13H19N3O9S/c1-5(17)14-6(2-9(18)19)12(24)15-7(3-10(20)21)13(25)16-8(26)4-11(22)23/h6-8,26H,2-4H2,1H3,(H,14,17)(H,15,24)(H,16,25)(H,18,19)(H,20,21)(H,22,23)/t6-,7-,8+/m0/s1. The van der Waals surface area contributed by atoms with E-state index in [0.717, 1.165) is 6.92 Å². The molecule has 26 heavy (non-hydrogen) atoms. The van der Waals surface area contributed by atoms with Gasteiger partial charge in [-0.3, -0.25) is 28.8 Å². The van der Waals surface area contributed by atoms with Crippen LogP contribution < -0.4 is 16.0 Å². The van der Waals surface area contributed by atoms with Gasteiger partial charge in [-0.2, -0.15) is 12.6 Å². The third-order valence-corrected chi connectivity index (χ3v) is 3.07. The molecule has 0 spiro atoms. The van der Waals surface area contributed by atoms with Crippen LogP contribution in [-0.4, -0.2) is 68.4 Å². The van der Waals surface area contributed by atoms with Crippen LogP contribution in [0.3, 0.4) is 0 Å². The Morgan fingerprint density at radius 3 is 1.50 bits per heavy atom. The van der Waals surface area contributed by atoms with Crippen molar-refractivity contribution < 1.29 is 44.1 Å². The fourth-order valence-electron chi connectivity index (χ4n) is 1.77. The minimum absolute atomic E-state index is 0.559. The van der Waals surface area contributed by atoms with Crippen LogP contribution in [-0.2, 0) is 28.8 Å². The molecule has 0 aliphatic heterocycles. The van der Waals surface area contributed by atoms with Crippen LogP contribution in [0.5, 0.6) is 0 Å². The van der Waals surface area contributed by atoms with Gasteiger partial charge in [-0.1, -0.05) is 0 Å². The van der Waals surface area contributed by atoms with Gasteiger partial charge in [-0.25, -0.2) is 0 Å². The van der Waals surface area contributed by atoms with Gasteiger partial charge in [-0.15, -0.1) is 0 Å². The quantitative estimate of drug-likeness (QED) is 0.150. The Hall–Kier alpha value is -2.83. The summed E-state index contributed by atoms with van der Waals surface area (Å²) in [7, 11) is 0. The summed E-state index contributed by atoms with van der Waals surface area (Å²) in [5.74, 6) is -6.95. The molecule has 13 heteroatoms. The molecule has 0 saturated heterocycles. The Morgan fingerprint density at radius 1 is 0.731 bits per heavy atom. The smallest absolute Gasteiger partial charge is 0.306 e. The SMILES string of the molecule is CC(=O)N[C@@H](CC(=O)O)C(=O)N[C@@H](CC(=O)O)C(=O)N[C@H](S)CC(=O)O. The minimum Gasteiger partial charge on any atom is -0.481 e. The molecule has 0 aliphatic carbocycles. The highest BCUT2D eigenvalue weighted by Gasteiger charge is 2.30. The molecule has 0 unspecified atom stereocenters. The van der Waals surface area contributed by atoms with Gasteiger partial charge < -0.3 is 31.3 Å². The maximum atomic E-state index is 12.1. The normalized spacial score (nSPS) is 13.6. The third-order valence-electron chi connectivity index (χ3n) is 2.76. The zero-order valence-corrected chi connectivity index (χ0v) is 14.5. The molecule has 0 rings (SSSR count). The first-order valence-electron chi connectivity index (χ1n) is 7.13. The molecule has 146 valence electrons. The second-order valence-corrected chi connectivity index (χ2v) is 5.76. The van der Waals surface area contributed by atoms with Gasteiger partial charge in [0.25, 0.3) is 0 Å². The molecule has 0 heterocycles. The number of thiol groups is 1. The largest absolute Gasteiger partial charge is 0.481 e. The second kappa shape index (κ2) is 10.9. The first-order chi connectivity index (χ1) is 11.9. The summed E-state index contributed by atoms with van der Waals surface area (Å²) < 4.78 is 0. The highest BCUT2D eigenvalue weighted by molar-refractivity contribution is 7.80. The minimum atomic E-state index is -1.63. The maximum Gasteiger partial charge on any atom is 0.306 e. The Kier molecular flexibility index (Phi) is 9.73. The number of carboxylic acid groups (broad SMARTS) is 3. The fourth-order valence-corrected chi connectivity index (χ4v) is 2.05. The Bertz CT molecular complexity index is 579. The van der Waals surface area contributed by atoms with E-state index in [0.29, 0.717) is 0 Å². The van der Waals surface area contributed by atoms with Crippen LogP contribution in [0.1, 0.15) is 26.2 Å². The summed E-state index contributed by atoms with van der Waals surface area (Å²) in [5.41, 5.74) is 0. The van der Waals surface area contributed by atoms with Crippen LogP contribution >= 0.6 is 12.6 Å². The highest BCUT2D eigenvalue weighted by atomic mass is 32.1. The predicted molar refractivity (Wildman–Crippen MR) is 87.2 cm³/mol. The van der Waals surface area contributed by atoms with E-state index in [2.05, 4.69) is 23.3 Å². The molecule has 0 saturated carbocycles. The highest BCUT2D eigenvalue weighted by Crippen LogP contribution is 2.02. The average molecular weight is 393 g/mol. The van der Waals surface area contributed by atoms with E-state index >= 15 is 0 Å². The van der Waals surface area contributed by atoms with E-state index in [1.165, 1.54) is 0 Å². The van der Waals surface area contributed by atoms with Crippen molar-refractivity contribution in [3.63, 3.8) is 0 Å². The van der Waals surface area contributed by atoms with E-state index in [-0.39, 0.29) is 0 Å². The summed E-state index contributed by atoms with van der Waals surface area (Å²) >= 11 is 3.81. The Morgan fingerprint density at radius 2 is 1.12 bits per heavy atom. The monoisotopic (exact) mass is 393 g/mol. The summed E-state index contributed by atoms with van der Waals surface area (Å²) in [6, 6.07) is -3.16. The summed E-state index contributed by atoms with van der Waals surface area (Å²) in [6.45, 7) is 1.04. The Balaban J connectivity index is 5.15. The second-order valence-electron chi connectivity index (χ2n) is 5.13. The van der Waals surface area contributed by atoms with Gasteiger partial charge >= 0.3 is 17.9 Å². The fraction of sp³-hybridized carbons (Fsp3) is 0.538. The number of hydrogen-bond acceptors (Lipinski definition) is 7. The zero-order valence-electron chi connectivity index (χ0n) is 13.6. The van der Waals surface area contributed by atoms with Crippen LogP contribution in [0.25, 0.3) is 0 Å². The van der Waals surface area contributed by atoms with Crippen molar-refractivity contribution in [3.05, 3.63) is 0 Å². The van der Waals surface area contributed by atoms with Crippen molar-refractivity contribution >= 4 is 48.3 Å². The lowest BCUT2D eigenvalue weighted by molar-refractivity contribution is -0.143. The van der Waals surface area contributed by atoms with Crippen molar-refractivity contribution in [3.8, 4) is 0 Å². The lowest BCUT2D eigenvalue weighted by Gasteiger charge is -2.22. The maximum absolute atomic E-state index is 12.1. The van der Waals surface area contributed by atoms with Crippen LogP contribution in [0.4, 0.5) is 0 Å². The van der Waals surface area contributed by atoms with Crippen LogP contribution in [0, 0.1) is 0 Å². The first-order valence-corrected chi connectivity index (χ1v) is 7.65. The van der Waals surface area contributed by atoms with Gasteiger partial charge in [0.05, 0.1) is 24.6 Å². The van der Waals surface area contributed by atoms with Gasteiger partial charge in [-0.05, 0) is 0 Å². The molecule has 12 nitrogen and oxygen atoms in total. The molecule has 0 fully saturated rings. The van der Waals surface area contributed by atoms with E-state index in [4.69, 9.17) is 15.3 Å². The van der Waals surface area contributed by atoms with Gasteiger partial charge in [0.1, 0.15) is 12.1 Å². The molecule has 0 aromatic heterocycles. The molecule has 0 aromatic rings. The van der Waals surface area contributed by atoms with E-state index < -0.39 is 72.3 Å². The molecule has 6 N–H and O–H groups in total. The number of carbonyl (C=O) groups excluding carboxylic acids is 3. The van der Waals surface area contributed by atoms with E-state index in [9.17, 15) is 28.8 Å². The van der Waals surface area contributed by atoms with Crippen molar-refractivity contribution in [2.45, 2.75) is 43.6 Å². The Labute approximate surface area is 152 Å². The molecular formula is C13H19N3O9S. The van der Waals surface area contributed by atoms with Gasteiger partial charge in [0.15, 0.2) is 0 Å². The van der Waals surface area contributed by atoms with Crippen molar-refractivity contribution in [2.24, 2.45) is 0 Å². The topological polar surface area (TPSA) is 199 Å². The molecule has 3 atom stereocenters. The van der Waals surface area contributed by atoms with Crippen molar-refractivity contribution in [1.82, 2.24) is 16.0 Å². The molecule has 0 aliphatic rings. The molecular weight excluding hydrogens is 374 g/mol. The number of hydrogen-bond donors (Lipinski definition) is 7. The third kappa shape index (κ3) is 10.1. The number of carboxylic acids is 3. The number of rotatable bonds is 11. The molecule has 0 bridgehead atoms. The zero-order chi connectivity index (χ0) is 20.4. The molecule has 0 radical (unpaired) electrons. The molecule has 0 aromatic carbocycles. The number of aliphatic carboxylic acids is 3. The lowest BCUT2D eigenvalue weighted by Crippen LogP contribution is -2.55. The summed E-state index contributed by atoms with van der Waals surface area (Å²) in [6.07, 6.45) is -2.21. The van der Waals surface area contributed by atoms with E-state index in [1.54, 1.807) is 0 Å². The van der Waals surface area contributed by atoms with Crippen LogP contribution in [0.2, 0.25) is 0 Å². The first kappa shape index (κ1) is 23.2. The molecule has 3 amide bonds. The van der Waals surface area contributed by atoms with Gasteiger partial charge in [0, 0.05) is 6.92 Å². The number of amides is 3. The summed E-state index contributed by atoms with van der Waals surface area (Å²) in [5, 5.41) is 31.3. The van der Waals surface area contributed by atoms with Crippen molar-refractivity contribution in [1.29, 1.82) is 0 Å². The lowest BCUT2D eigenvalue weighted by atomic mass is 10.1. The predicted octanol–water partition coefficient (Wildman–Crippen LogP) is -2.23. The van der Waals surface area contributed by atoms with Crippen molar-refractivity contribution in [2.75, 3.05) is 0 Å². The number of carbonyl (C=O) groups is 6. The average Bonchev–Trinajstić information content (AvgIpc) is 2.43. The van der Waals surface area contributed by atoms with Gasteiger partial charge in [0.2, 0.25) is 17.7 Å². The van der Waals surface area contributed by atoms with E-state index in [1.807, 2.05) is 5.32 Å².